The maximum Gasteiger partial charge on any atom is 0.522 e. The second-order valence-electron chi connectivity index (χ2n) is 5.13. The van der Waals surface area contributed by atoms with Crippen LogP contribution >= 0.6 is 0 Å². The Morgan fingerprint density at radius 3 is 2.09 bits per heavy atom. The molecular weight excluding hydrogens is 327 g/mol. The van der Waals surface area contributed by atoms with Crippen molar-refractivity contribution in [3.8, 4) is 0 Å². The summed E-state index contributed by atoms with van der Waals surface area (Å²) in [5.41, 5.74) is -5.53. The van der Waals surface area contributed by atoms with Gasteiger partial charge in [-0.05, 0) is 26.4 Å². The summed E-state index contributed by atoms with van der Waals surface area (Å²) >= 11 is 0. The highest BCUT2D eigenvalue weighted by molar-refractivity contribution is 7.86. The number of alkyl halides is 3. The molecule has 22 heavy (non-hydrogen) atoms. The third kappa shape index (κ3) is 5.38. The second kappa shape index (κ2) is 7.57. The Balaban J connectivity index is 0.000000261. The average molecular weight is 347 g/mol. The molecule has 7 nitrogen and oxygen atoms in total. The van der Waals surface area contributed by atoms with E-state index in [2.05, 4.69) is 17.3 Å². The quantitative estimate of drug-likeness (QED) is 0.509. The first-order valence-electron chi connectivity index (χ1n) is 6.77. The van der Waals surface area contributed by atoms with E-state index in [1.54, 1.807) is 0 Å². The number of likely N-dealkylation sites (tertiary alicyclic amines) is 1. The normalized spacial score (nSPS) is 23.9. The monoisotopic (exact) mass is 347 g/mol. The van der Waals surface area contributed by atoms with Crippen molar-refractivity contribution in [1.29, 1.82) is 0 Å². The fraction of sp³-hybridized carbons (Fsp3) is 0.909. The molecule has 0 aromatic carbocycles. The Labute approximate surface area is 127 Å². The molecule has 2 aliphatic heterocycles. The standard InChI is InChI=1S/C10H19N3O.CHF3O3S/c1-12-6-2-3-9(12)10(14)13-7-4-11-5-8-13;2-1(3,4)8(5,6)7/h9,11H,2-8H2,1H3;(H,5,6,7). The first kappa shape index (κ1) is 19.1. The zero-order valence-electron chi connectivity index (χ0n) is 12.1. The summed E-state index contributed by atoms with van der Waals surface area (Å²) in [4.78, 5) is 16.3. The predicted octanol–water partition coefficient (Wildman–Crippen LogP) is -0.0936. The van der Waals surface area contributed by atoms with E-state index in [-0.39, 0.29) is 6.04 Å². The maximum atomic E-state index is 12.1. The molecule has 2 aliphatic rings. The van der Waals surface area contributed by atoms with E-state index in [4.69, 9.17) is 13.0 Å². The van der Waals surface area contributed by atoms with E-state index >= 15 is 0 Å². The van der Waals surface area contributed by atoms with Crippen LogP contribution in [0.3, 0.4) is 0 Å². The van der Waals surface area contributed by atoms with Crippen LogP contribution in [0.25, 0.3) is 0 Å². The largest absolute Gasteiger partial charge is 0.522 e. The van der Waals surface area contributed by atoms with Gasteiger partial charge in [-0.1, -0.05) is 0 Å². The minimum atomic E-state index is -5.84. The lowest BCUT2D eigenvalue weighted by molar-refractivity contribution is -0.136. The Kier molecular flexibility index (Phi) is 6.59. The van der Waals surface area contributed by atoms with Crippen molar-refractivity contribution in [3.63, 3.8) is 0 Å². The molecule has 1 amide bonds. The highest BCUT2D eigenvalue weighted by Gasteiger charge is 2.44. The number of carbonyl (C=O) groups is 1. The van der Waals surface area contributed by atoms with Crippen LogP contribution in [0.4, 0.5) is 13.2 Å². The van der Waals surface area contributed by atoms with E-state index in [1.165, 1.54) is 6.42 Å². The number of hydrogen-bond acceptors (Lipinski definition) is 5. The molecule has 1 unspecified atom stereocenters. The Bertz CT molecular complexity index is 477. The van der Waals surface area contributed by atoms with Crippen molar-refractivity contribution in [2.75, 3.05) is 39.8 Å². The number of nitrogens with one attached hydrogen (secondary N) is 1. The molecule has 0 spiro atoms. The van der Waals surface area contributed by atoms with Gasteiger partial charge in [-0.15, -0.1) is 0 Å². The second-order valence-corrected chi connectivity index (χ2v) is 6.55. The van der Waals surface area contributed by atoms with Gasteiger partial charge in [-0.25, -0.2) is 0 Å². The van der Waals surface area contributed by atoms with Crippen molar-refractivity contribution in [1.82, 2.24) is 15.1 Å². The molecule has 2 N–H and O–H groups in total. The van der Waals surface area contributed by atoms with Crippen LogP contribution in [0.5, 0.6) is 0 Å². The molecular formula is C11H20F3N3O4S. The summed E-state index contributed by atoms with van der Waals surface area (Å²) in [6, 6.07) is 0.160. The molecule has 0 radical (unpaired) electrons. The molecule has 0 bridgehead atoms. The minimum absolute atomic E-state index is 0.160. The molecule has 2 fully saturated rings. The highest BCUT2D eigenvalue weighted by Crippen LogP contribution is 2.20. The molecule has 2 heterocycles. The SMILES string of the molecule is CN1CCCC1C(=O)N1CCNCC1.O=S(=O)(O)C(F)(F)F. The zero-order valence-corrected chi connectivity index (χ0v) is 13.0. The van der Waals surface area contributed by atoms with Gasteiger partial charge in [0.2, 0.25) is 5.91 Å². The first-order valence-corrected chi connectivity index (χ1v) is 8.21. The molecule has 0 aromatic rings. The van der Waals surface area contributed by atoms with Gasteiger partial charge in [-0.3, -0.25) is 14.2 Å². The fourth-order valence-corrected chi connectivity index (χ4v) is 2.32. The fourth-order valence-electron chi connectivity index (χ4n) is 2.32. The molecule has 11 heteroatoms. The van der Waals surface area contributed by atoms with Gasteiger partial charge in [0.25, 0.3) is 0 Å². The summed E-state index contributed by atoms with van der Waals surface area (Å²) in [6.45, 7) is 4.72. The number of piperazine rings is 1. The van der Waals surface area contributed by atoms with Crippen molar-refractivity contribution in [2.24, 2.45) is 0 Å². The number of rotatable bonds is 1. The Morgan fingerprint density at radius 2 is 1.73 bits per heavy atom. The van der Waals surface area contributed by atoms with Gasteiger partial charge in [0.15, 0.2) is 0 Å². The lowest BCUT2D eigenvalue weighted by Crippen LogP contribution is -2.51. The maximum absolute atomic E-state index is 12.1. The van der Waals surface area contributed by atoms with E-state index < -0.39 is 15.6 Å². The molecule has 0 aromatic heterocycles. The molecule has 2 saturated heterocycles. The van der Waals surface area contributed by atoms with E-state index in [0.717, 1.165) is 39.1 Å². The summed E-state index contributed by atoms with van der Waals surface area (Å²) in [5, 5.41) is 3.26. The topological polar surface area (TPSA) is 90.0 Å². The third-order valence-corrected chi connectivity index (χ3v) is 4.11. The van der Waals surface area contributed by atoms with Crippen molar-refractivity contribution >= 4 is 16.0 Å². The average Bonchev–Trinajstić information content (AvgIpc) is 2.83. The number of amides is 1. The van der Waals surface area contributed by atoms with E-state index in [9.17, 15) is 18.0 Å². The summed E-state index contributed by atoms with van der Waals surface area (Å²) in [5.74, 6) is 0.339. The lowest BCUT2D eigenvalue weighted by atomic mass is 10.2. The minimum Gasteiger partial charge on any atom is -0.339 e. The van der Waals surface area contributed by atoms with Gasteiger partial charge < -0.3 is 10.2 Å². The predicted molar refractivity (Wildman–Crippen MR) is 72.7 cm³/mol. The van der Waals surface area contributed by atoms with E-state index in [1.807, 2.05) is 4.90 Å². The molecule has 2 rings (SSSR count). The third-order valence-electron chi connectivity index (χ3n) is 3.53. The van der Waals surface area contributed by atoms with E-state index in [0.29, 0.717) is 5.91 Å². The molecule has 130 valence electrons. The van der Waals surface area contributed by atoms with Gasteiger partial charge in [0.05, 0.1) is 6.04 Å². The number of likely N-dealkylation sites (N-methyl/N-ethyl adjacent to an activating group) is 1. The molecule has 1 atom stereocenters. The first-order chi connectivity index (χ1) is 10.0. The smallest absolute Gasteiger partial charge is 0.339 e. The summed E-state index contributed by atoms with van der Waals surface area (Å²) in [7, 11) is -3.79. The van der Waals surface area contributed by atoms with Gasteiger partial charge >= 0.3 is 15.6 Å². The van der Waals surface area contributed by atoms with Crippen LogP contribution in [0.15, 0.2) is 0 Å². The van der Waals surface area contributed by atoms with Crippen LogP contribution in [-0.2, 0) is 14.9 Å². The summed E-state index contributed by atoms with van der Waals surface area (Å²) < 4.78 is 57.5. The number of nitrogens with zero attached hydrogens (tertiary/aromatic N) is 2. The number of hydrogen-bond donors (Lipinski definition) is 2. The molecule has 0 saturated carbocycles. The van der Waals surface area contributed by atoms with Crippen molar-refractivity contribution in [3.05, 3.63) is 0 Å². The van der Waals surface area contributed by atoms with Crippen LogP contribution < -0.4 is 5.32 Å². The van der Waals surface area contributed by atoms with Gasteiger partial charge in [0.1, 0.15) is 0 Å². The Hall–Kier alpha value is -0.910. The number of halogens is 3. The number of carbonyl (C=O) groups excluding carboxylic acids is 1. The van der Waals surface area contributed by atoms with Crippen LogP contribution in [0.1, 0.15) is 12.8 Å². The Morgan fingerprint density at radius 1 is 1.23 bits per heavy atom. The van der Waals surface area contributed by atoms with Crippen molar-refractivity contribution < 1.29 is 30.9 Å². The highest BCUT2D eigenvalue weighted by atomic mass is 32.2. The van der Waals surface area contributed by atoms with Gasteiger partial charge in [0, 0.05) is 26.2 Å². The van der Waals surface area contributed by atoms with Gasteiger partial charge in [-0.2, -0.15) is 21.6 Å². The van der Waals surface area contributed by atoms with Crippen LogP contribution in [0, 0.1) is 0 Å². The molecule has 0 aliphatic carbocycles. The summed E-state index contributed by atoms with van der Waals surface area (Å²) in [6.07, 6.45) is 2.21. The zero-order chi connectivity index (χ0) is 17.0. The van der Waals surface area contributed by atoms with Crippen LogP contribution in [-0.4, -0.2) is 80.0 Å². The van der Waals surface area contributed by atoms with Crippen LogP contribution in [0.2, 0.25) is 0 Å². The van der Waals surface area contributed by atoms with Crippen molar-refractivity contribution in [2.45, 2.75) is 24.4 Å². The lowest BCUT2D eigenvalue weighted by Gasteiger charge is -2.31.